The predicted octanol–water partition coefficient (Wildman–Crippen LogP) is 2.32. The lowest BCUT2D eigenvalue weighted by Gasteiger charge is -2.15. The molecule has 0 aliphatic carbocycles. The highest BCUT2D eigenvalue weighted by Crippen LogP contribution is 2.18. The van der Waals surface area contributed by atoms with Gasteiger partial charge in [-0.25, -0.2) is 0 Å². The average molecular weight is 301 g/mol. The number of hydrogen-bond donors (Lipinski definition) is 2. The fourth-order valence-electron chi connectivity index (χ4n) is 1.76. The summed E-state index contributed by atoms with van der Waals surface area (Å²) in [5.41, 5.74) is 0. The smallest absolute Gasteiger partial charge is 0.121 e. The SMILES string of the molecule is COCCNCCCNCC(C)Oc1cccc(Cl)c1. The van der Waals surface area contributed by atoms with Crippen LogP contribution < -0.4 is 15.4 Å². The van der Waals surface area contributed by atoms with Crippen LogP contribution in [0.4, 0.5) is 0 Å². The van der Waals surface area contributed by atoms with Crippen LogP contribution in [0.25, 0.3) is 0 Å². The second-order valence-electron chi connectivity index (χ2n) is 4.69. The van der Waals surface area contributed by atoms with Gasteiger partial charge in [-0.05, 0) is 44.6 Å². The Balaban J connectivity index is 2.01. The van der Waals surface area contributed by atoms with Gasteiger partial charge < -0.3 is 20.1 Å². The molecule has 1 rings (SSSR count). The normalized spacial score (nSPS) is 12.3. The van der Waals surface area contributed by atoms with Crippen LogP contribution in [0.15, 0.2) is 24.3 Å². The molecule has 5 heteroatoms. The van der Waals surface area contributed by atoms with Gasteiger partial charge in [0.1, 0.15) is 11.9 Å². The standard InChI is InChI=1S/C15H25ClN2O2/c1-13(20-15-6-3-5-14(16)11-15)12-18-8-4-7-17-9-10-19-2/h3,5-6,11,13,17-18H,4,7-10,12H2,1-2H3. The minimum atomic E-state index is 0.120. The molecule has 0 aromatic heterocycles. The van der Waals surface area contributed by atoms with Gasteiger partial charge in [0.05, 0.1) is 6.61 Å². The van der Waals surface area contributed by atoms with Gasteiger partial charge >= 0.3 is 0 Å². The lowest BCUT2D eigenvalue weighted by molar-refractivity contribution is 0.199. The summed E-state index contributed by atoms with van der Waals surface area (Å²) in [6.07, 6.45) is 1.21. The molecule has 0 heterocycles. The molecule has 1 unspecified atom stereocenters. The predicted molar refractivity (Wildman–Crippen MR) is 83.8 cm³/mol. The molecule has 1 atom stereocenters. The summed E-state index contributed by atoms with van der Waals surface area (Å²) in [5, 5.41) is 7.39. The Labute approximate surface area is 126 Å². The summed E-state index contributed by atoms with van der Waals surface area (Å²) in [4.78, 5) is 0. The monoisotopic (exact) mass is 300 g/mol. The van der Waals surface area contributed by atoms with E-state index >= 15 is 0 Å². The molecule has 2 N–H and O–H groups in total. The van der Waals surface area contributed by atoms with Crippen molar-refractivity contribution in [2.24, 2.45) is 0 Å². The molecular weight excluding hydrogens is 276 g/mol. The maximum Gasteiger partial charge on any atom is 0.121 e. The zero-order valence-corrected chi connectivity index (χ0v) is 13.1. The highest BCUT2D eigenvalue weighted by molar-refractivity contribution is 6.30. The molecule has 0 fully saturated rings. The number of hydrogen-bond acceptors (Lipinski definition) is 4. The second kappa shape index (κ2) is 10.9. The fraction of sp³-hybridized carbons (Fsp3) is 0.600. The van der Waals surface area contributed by atoms with Gasteiger partial charge in [-0.3, -0.25) is 0 Å². The molecule has 0 spiro atoms. The first-order chi connectivity index (χ1) is 9.72. The van der Waals surface area contributed by atoms with Crippen LogP contribution in [0.3, 0.4) is 0 Å². The number of ether oxygens (including phenoxy) is 2. The Morgan fingerprint density at radius 3 is 2.75 bits per heavy atom. The van der Waals surface area contributed by atoms with Gasteiger partial charge in [-0.15, -0.1) is 0 Å². The van der Waals surface area contributed by atoms with Crippen molar-refractivity contribution < 1.29 is 9.47 Å². The Kier molecular flexibility index (Phi) is 9.41. The van der Waals surface area contributed by atoms with Crippen molar-refractivity contribution in [2.75, 3.05) is 39.9 Å². The molecule has 0 aliphatic rings. The van der Waals surface area contributed by atoms with Gasteiger partial charge in [0.25, 0.3) is 0 Å². The Hall–Kier alpha value is -0.810. The molecule has 0 saturated heterocycles. The number of nitrogens with one attached hydrogen (secondary N) is 2. The van der Waals surface area contributed by atoms with Crippen molar-refractivity contribution in [1.82, 2.24) is 10.6 Å². The van der Waals surface area contributed by atoms with E-state index in [-0.39, 0.29) is 6.10 Å². The third kappa shape index (κ3) is 8.38. The Morgan fingerprint density at radius 2 is 2.00 bits per heavy atom. The lowest BCUT2D eigenvalue weighted by Crippen LogP contribution is -2.31. The van der Waals surface area contributed by atoms with E-state index in [1.54, 1.807) is 7.11 Å². The minimum absolute atomic E-state index is 0.120. The van der Waals surface area contributed by atoms with Gasteiger partial charge in [-0.1, -0.05) is 17.7 Å². The number of rotatable bonds is 11. The highest BCUT2D eigenvalue weighted by atomic mass is 35.5. The zero-order valence-electron chi connectivity index (χ0n) is 12.3. The fourth-order valence-corrected chi connectivity index (χ4v) is 1.94. The van der Waals surface area contributed by atoms with Crippen molar-refractivity contribution >= 4 is 11.6 Å². The molecule has 4 nitrogen and oxygen atoms in total. The van der Waals surface area contributed by atoms with Gasteiger partial charge in [0.2, 0.25) is 0 Å². The largest absolute Gasteiger partial charge is 0.489 e. The highest BCUT2D eigenvalue weighted by Gasteiger charge is 2.03. The molecule has 0 aliphatic heterocycles. The molecule has 1 aromatic rings. The first-order valence-corrected chi connectivity index (χ1v) is 7.42. The quantitative estimate of drug-likeness (QED) is 0.616. The summed E-state index contributed by atoms with van der Waals surface area (Å²) < 4.78 is 10.7. The van der Waals surface area contributed by atoms with Gasteiger partial charge in [0.15, 0.2) is 0 Å². The van der Waals surface area contributed by atoms with E-state index in [9.17, 15) is 0 Å². The van der Waals surface area contributed by atoms with Crippen LogP contribution in [0.2, 0.25) is 5.02 Å². The zero-order chi connectivity index (χ0) is 14.6. The first kappa shape index (κ1) is 17.2. The summed E-state index contributed by atoms with van der Waals surface area (Å²) in [6, 6.07) is 7.48. The molecule has 20 heavy (non-hydrogen) atoms. The first-order valence-electron chi connectivity index (χ1n) is 7.05. The van der Waals surface area contributed by atoms with Crippen molar-refractivity contribution in [1.29, 1.82) is 0 Å². The van der Waals surface area contributed by atoms with E-state index in [2.05, 4.69) is 10.6 Å². The van der Waals surface area contributed by atoms with Crippen LogP contribution in [-0.4, -0.2) is 46.0 Å². The number of halogens is 1. The minimum Gasteiger partial charge on any atom is -0.489 e. The lowest BCUT2D eigenvalue weighted by atomic mass is 10.3. The van der Waals surface area contributed by atoms with Crippen LogP contribution >= 0.6 is 11.6 Å². The van der Waals surface area contributed by atoms with Crippen molar-refractivity contribution in [3.63, 3.8) is 0 Å². The van der Waals surface area contributed by atoms with Crippen LogP contribution in [0, 0.1) is 0 Å². The average Bonchev–Trinajstić information content (AvgIpc) is 2.42. The van der Waals surface area contributed by atoms with E-state index in [1.165, 1.54) is 0 Å². The van der Waals surface area contributed by atoms with E-state index in [0.29, 0.717) is 5.02 Å². The van der Waals surface area contributed by atoms with Gasteiger partial charge in [-0.2, -0.15) is 0 Å². The third-order valence-corrected chi connectivity index (χ3v) is 2.99. The summed E-state index contributed by atoms with van der Waals surface area (Å²) in [7, 11) is 1.71. The molecule has 1 aromatic carbocycles. The number of methoxy groups -OCH3 is 1. The second-order valence-corrected chi connectivity index (χ2v) is 5.12. The van der Waals surface area contributed by atoms with E-state index in [4.69, 9.17) is 21.1 Å². The Bertz CT molecular complexity index is 363. The molecular formula is C15H25ClN2O2. The van der Waals surface area contributed by atoms with E-state index < -0.39 is 0 Å². The molecule has 114 valence electrons. The van der Waals surface area contributed by atoms with E-state index in [0.717, 1.165) is 45.0 Å². The van der Waals surface area contributed by atoms with Crippen molar-refractivity contribution in [3.05, 3.63) is 29.3 Å². The molecule has 0 saturated carbocycles. The summed E-state index contributed by atoms with van der Waals surface area (Å²) in [6.45, 7) is 6.52. The topological polar surface area (TPSA) is 42.5 Å². The number of benzene rings is 1. The van der Waals surface area contributed by atoms with Crippen molar-refractivity contribution in [3.8, 4) is 5.75 Å². The summed E-state index contributed by atoms with van der Waals surface area (Å²) in [5.74, 6) is 0.813. The molecule has 0 bridgehead atoms. The van der Waals surface area contributed by atoms with Gasteiger partial charge in [0, 0.05) is 25.2 Å². The maximum atomic E-state index is 5.91. The molecule has 0 amide bonds. The van der Waals surface area contributed by atoms with Crippen LogP contribution in [0.1, 0.15) is 13.3 Å². The van der Waals surface area contributed by atoms with E-state index in [1.807, 2.05) is 31.2 Å². The Morgan fingerprint density at radius 1 is 1.20 bits per heavy atom. The third-order valence-electron chi connectivity index (χ3n) is 2.76. The summed E-state index contributed by atoms with van der Waals surface area (Å²) >= 11 is 5.91. The van der Waals surface area contributed by atoms with Crippen molar-refractivity contribution in [2.45, 2.75) is 19.4 Å². The van der Waals surface area contributed by atoms with Crippen LogP contribution in [0.5, 0.6) is 5.75 Å². The molecule has 0 radical (unpaired) electrons. The van der Waals surface area contributed by atoms with Crippen LogP contribution in [-0.2, 0) is 4.74 Å². The maximum absolute atomic E-state index is 5.91.